The molecular weight excluding hydrogens is 386 g/mol. The second kappa shape index (κ2) is 8.75. The highest BCUT2D eigenvalue weighted by Gasteiger charge is 2.11. The van der Waals surface area contributed by atoms with E-state index in [9.17, 15) is 4.79 Å². The number of thiazole rings is 1. The molecule has 1 heterocycles. The number of anilines is 2. The van der Waals surface area contributed by atoms with Gasteiger partial charge in [0.2, 0.25) is 0 Å². The van der Waals surface area contributed by atoms with Crippen LogP contribution >= 0.6 is 22.9 Å². The van der Waals surface area contributed by atoms with Gasteiger partial charge in [-0.1, -0.05) is 11.6 Å². The van der Waals surface area contributed by atoms with E-state index in [1.165, 1.54) is 18.4 Å². The molecular formula is C19H18ClN3O3S. The average molecular weight is 404 g/mol. The number of carbonyl (C=O) groups is 1. The number of urea groups is 1. The first kappa shape index (κ1) is 19.0. The summed E-state index contributed by atoms with van der Waals surface area (Å²) in [5.41, 5.74) is 2.20. The SMILES string of the molecule is CCOc1ccc(-c2csc(NC(=O)Nc3cc(Cl)ccc3OC)n2)cc1. The predicted octanol–water partition coefficient (Wildman–Crippen LogP) is 5.51. The van der Waals surface area contributed by atoms with Crippen molar-refractivity contribution in [1.82, 2.24) is 4.98 Å². The Balaban J connectivity index is 1.67. The van der Waals surface area contributed by atoms with Crippen molar-refractivity contribution in [2.24, 2.45) is 0 Å². The highest BCUT2D eigenvalue weighted by molar-refractivity contribution is 7.14. The Hall–Kier alpha value is -2.77. The molecule has 8 heteroatoms. The summed E-state index contributed by atoms with van der Waals surface area (Å²) < 4.78 is 10.7. The first-order valence-electron chi connectivity index (χ1n) is 8.19. The molecule has 2 N–H and O–H groups in total. The maximum atomic E-state index is 12.3. The number of ether oxygens (including phenoxy) is 2. The Kier molecular flexibility index (Phi) is 6.16. The maximum Gasteiger partial charge on any atom is 0.325 e. The van der Waals surface area contributed by atoms with Crippen LogP contribution in [0.2, 0.25) is 5.02 Å². The fourth-order valence-corrected chi connectivity index (χ4v) is 3.27. The third kappa shape index (κ3) is 4.90. The summed E-state index contributed by atoms with van der Waals surface area (Å²) in [7, 11) is 1.52. The van der Waals surface area contributed by atoms with E-state index < -0.39 is 6.03 Å². The van der Waals surface area contributed by atoms with Crippen LogP contribution in [0.15, 0.2) is 47.8 Å². The third-order valence-corrected chi connectivity index (χ3v) is 4.59. The lowest BCUT2D eigenvalue weighted by atomic mass is 10.2. The molecule has 2 amide bonds. The lowest BCUT2D eigenvalue weighted by Gasteiger charge is -2.10. The molecule has 0 atom stereocenters. The predicted molar refractivity (Wildman–Crippen MR) is 109 cm³/mol. The van der Waals surface area contributed by atoms with Crippen molar-refractivity contribution in [3.05, 3.63) is 52.9 Å². The average Bonchev–Trinajstić information content (AvgIpc) is 3.11. The first-order chi connectivity index (χ1) is 13.1. The van der Waals surface area contributed by atoms with E-state index in [0.717, 1.165) is 17.0 Å². The van der Waals surface area contributed by atoms with Crippen molar-refractivity contribution in [1.29, 1.82) is 0 Å². The van der Waals surface area contributed by atoms with Crippen molar-refractivity contribution in [3.8, 4) is 22.8 Å². The van der Waals surface area contributed by atoms with Gasteiger partial charge in [-0.05, 0) is 49.4 Å². The number of halogens is 1. The number of carbonyl (C=O) groups excluding carboxylic acids is 1. The number of methoxy groups -OCH3 is 1. The zero-order chi connectivity index (χ0) is 19.2. The second-order valence-electron chi connectivity index (χ2n) is 5.42. The van der Waals surface area contributed by atoms with Crippen molar-refractivity contribution in [3.63, 3.8) is 0 Å². The normalized spacial score (nSPS) is 10.3. The number of amides is 2. The Bertz CT molecular complexity index is 928. The van der Waals surface area contributed by atoms with E-state index in [2.05, 4.69) is 15.6 Å². The van der Waals surface area contributed by atoms with Crippen LogP contribution in [0.25, 0.3) is 11.3 Å². The van der Waals surface area contributed by atoms with Crippen LogP contribution in [-0.4, -0.2) is 24.7 Å². The van der Waals surface area contributed by atoms with Gasteiger partial charge in [-0.2, -0.15) is 0 Å². The van der Waals surface area contributed by atoms with Gasteiger partial charge >= 0.3 is 6.03 Å². The highest BCUT2D eigenvalue weighted by Crippen LogP contribution is 2.29. The number of hydrogen-bond acceptors (Lipinski definition) is 5. The molecule has 140 valence electrons. The summed E-state index contributed by atoms with van der Waals surface area (Å²) in [4.78, 5) is 16.7. The molecule has 27 heavy (non-hydrogen) atoms. The van der Waals surface area contributed by atoms with Crippen LogP contribution in [0.4, 0.5) is 15.6 Å². The van der Waals surface area contributed by atoms with Gasteiger partial charge in [0.1, 0.15) is 11.5 Å². The largest absolute Gasteiger partial charge is 0.495 e. The smallest absolute Gasteiger partial charge is 0.325 e. The Morgan fingerprint density at radius 2 is 1.96 bits per heavy atom. The summed E-state index contributed by atoms with van der Waals surface area (Å²) in [6.45, 7) is 2.56. The van der Waals surface area contributed by atoms with Crippen molar-refractivity contribution in [2.45, 2.75) is 6.92 Å². The van der Waals surface area contributed by atoms with Crippen molar-refractivity contribution < 1.29 is 14.3 Å². The van der Waals surface area contributed by atoms with E-state index in [1.54, 1.807) is 18.2 Å². The highest BCUT2D eigenvalue weighted by atomic mass is 35.5. The number of rotatable bonds is 6. The van der Waals surface area contributed by atoms with Gasteiger partial charge in [0.25, 0.3) is 0 Å². The Labute approximate surface area is 166 Å². The van der Waals surface area contributed by atoms with Gasteiger partial charge in [0.05, 0.1) is 25.1 Å². The van der Waals surface area contributed by atoms with Crippen LogP contribution in [0, 0.1) is 0 Å². The van der Waals surface area contributed by atoms with Crippen molar-refractivity contribution in [2.75, 3.05) is 24.4 Å². The van der Waals surface area contributed by atoms with E-state index >= 15 is 0 Å². The summed E-state index contributed by atoms with van der Waals surface area (Å²) in [5.74, 6) is 1.33. The molecule has 0 unspecified atom stereocenters. The molecule has 0 aliphatic rings. The standard InChI is InChI=1S/C19H18ClN3O3S/c1-3-26-14-7-4-12(5-8-14)16-11-27-19(22-16)23-18(24)21-15-10-13(20)6-9-17(15)25-2/h4-11H,3H2,1-2H3,(H2,21,22,23,24). The van der Waals surface area contributed by atoms with Crippen LogP contribution in [-0.2, 0) is 0 Å². The minimum Gasteiger partial charge on any atom is -0.495 e. The number of nitrogens with zero attached hydrogens (tertiary/aromatic N) is 1. The topological polar surface area (TPSA) is 72.5 Å². The second-order valence-corrected chi connectivity index (χ2v) is 6.71. The molecule has 0 spiro atoms. The fourth-order valence-electron chi connectivity index (χ4n) is 2.38. The summed E-state index contributed by atoms with van der Waals surface area (Å²) in [5, 5.41) is 8.29. The van der Waals surface area contributed by atoms with Crippen LogP contribution < -0.4 is 20.1 Å². The van der Waals surface area contributed by atoms with Gasteiger partial charge in [-0.3, -0.25) is 5.32 Å². The van der Waals surface area contributed by atoms with Gasteiger partial charge in [0.15, 0.2) is 5.13 Å². The lowest BCUT2D eigenvalue weighted by molar-refractivity contribution is 0.262. The molecule has 0 bridgehead atoms. The van der Waals surface area contributed by atoms with Crippen LogP contribution in [0.1, 0.15) is 6.92 Å². The maximum absolute atomic E-state index is 12.3. The summed E-state index contributed by atoms with van der Waals surface area (Å²) in [6.07, 6.45) is 0. The summed E-state index contributed by atoms with van der Waals surface area (Å²) >= 11 is 7.31. The van der Waals surface area contributed by atoms with Crippen molar-refractivity contribution >= 4 is 39.8 Å². The molecule has 0 aliphatic carbocycles. The number of aromatic nitrogens is 1. The zero-order valence-electron chi connectivity index (χ0n) is 14.8. The van der Waals surface area contributed by atoms with Gasteiger partial charge < -0.3 is 14.8 Å². The van der Waals surface area contributed by atoms with Gasteiger partial charge in [0, 0.05) is 16.0 Å². The molecule has 0 aliphatic heterocycles. The molecule has 6 nitrogen and oxygen atoms in total. The lowest BCUT2D eigenvalue weighted by Crippen LogP contribution is -2.19. The summed E-state index contributed by atoms with van der Waals surface area (Å²) in [6, 6.07) is 12.2. The molecule has 0 fully saturated rings. The number of hydrogen-bond donors (Lipinski definition) is 2. The molecule has 1 aromatic heterocycles. The molecule has 0 saturated carbocycles. The van der Waals surface area contributed by atoms with Gasteiger partial charge in [-0.25, -0.2) is 9.78 Å². The fraction of sp³-hybridized carbons (Fsp3) is 0.158. The minimum absolute atomic E-state index is 0.428. The monoisotopic (exact) mass is 403 g/mol. The quantitative estimate of drug-likeness (QED) is 0.568. The van der Waals surface area contributed by atoms with Crippen LogP contribution in [0.3, 0.4) is 0 Å². The molecule has 0 saturated heterocycles. The number of benzene rings is 2. The number of nitrogens with one attached hydrogen (secondary N) is 2. The molecule has 3 rings (SSSR count). The minimum atomic E-state index is -0.428. The van der Waals surface area contributed by atoms with E-state index in [0.29, 0.717) is 28.2 Å². The molecule has 2 aromatic carbocycles. The Morgan fingerprint density at radius 3 is 2.67 bits per heavy atom. The van der Waals surface area contributed by atoms with E-state index in [1.807, 2.05) is 36.6 Å². The zero-order valence-corrected chi connectivity index (χ0v) is 16.4. The molecule has 0 radical (unpaired) electrons. The first-order valence-corrected chi connectivity index (χ1v) is 9.45. The van der Waals surface area contributed by atoms with Gasteiger partial charge in [-0.15, -0.1) is 11.3 Å². The van der Waals surface area contributed by atoms with E-state index in [-0.39, 0.29) is 0 Å². The molecule has 3 aromatic rings. The Morgan fingerprint density at radius 1 is 1.19 bits per heavy atom. The van der Waals surface area contributed by atoms with Crippen LogP contribution in [0.5, 0.6) is 11.5 Å². The third-order valence-electron chi connectivity index (χ3n) is 3.60. The van der Waals surface area contributed by atoms with E-state index in [4.69, 9.17) is 21.1 Å².